The van der Waals surface area contributed by atoms with Crippen molar-refractivity contribution in [3.63, 3.8) is 0 Å². The highest BCUT2D eigenvalue weighted by molar-refractivity contribution is 7.92. The second-order valence-corrected chi connectivity index (χ2v) is 9.99. The van der Waals surface area contributed by atoms with Gasteiger partial charge < -0.3 is 19.3 Å². The zero-order valence-electron chi connectivity index (χ0n) is 18.1. The summed E-state index contributed by atoms with van der Waals surface area (Å²) in [6.07, 6.45) is 1.60. The number of carbonyl (C=O) groups is 2. The van der Waals surface area contributed by atoms with Crippen LogP contribution in [-0.4, -0.2) is 59.0 Å². The van der Waals surface area contributed by atoms with Crippen molar-refractivity contribution in [1.29, 1.82) is 0 Å². The van der Waals surface area contributed by atoms with Gasteiger partial charge in [-0.2, -0.15) is 0 Å². The molecule has 0 aliphatic carbocycles. The molecule has 2 aliphatic rings. The molecule has 0 saturated carbocycles. The van der Waals surface area contributed by atoms with Crippen LogP contribution >= 0.6 is 0 Å². The fourth-order valence-corrected chi connectivity index (χ4v) is 6.22. The van der Waals surface area contributed by atoms with Crippen LogP contribution in [0.3, 0.4) is 0 Å². The number of ether oxygens (including phenoxy) is 2. The molecule has 2 heterocycles. The molecule has 0 radical (unpaired) electrons. The van der Waals surface area contributed by atoms with Crippen molar-refractivity contribution in [2.45, 2.75) is 29.4 Å². The van der Waals surface area contributed by atoms with Gasteiger partial charge in [-0.1, -0.05) is 18.2 Å². The normalized spacial score (nSPS) is 19.9. The third kappa shape index (κ3) is 3.92. The van der Waals surface area contributed by atoms with Crippen LogP contribution in [0.15, 0.2) is 47.4 Å². The zero-order valence-corrected chi connectivity index (χ0v) is 18.9. The Bertz CT molecular complexity index is 1140. The van der Waals surface area contributed by atoms with Gasteiger partial charge in [0.25, 0.3) is 0 Å². The summed E-state index contributed by atoms with van der Waals surface area (Å²) in [4.78, 5) is 29.2. The molecule has 1 atom stereocenters. The Balaban J connectivity index is 1.76. The van der Waals surface area contributed by atoms with E-state index in [1.54, 1.807) is 41.3 Å². The number of sulfone groups is 1. The Labute approximate surface area is 187 Å². The van der Waals surface area contributed by atoms with E-state index in [2.05, 4.69) is 0 Å². The Kier molecular flexibility index (Phi) is 6.10. The van der Waals surface area contributed by atoms with Crippen LogP contribution in [0.25, 0.3) is 0 Å². The maximum absolute atomic E-state index is 13.7. The standard InChI is InChI=1S/C23H26N2O6S/c1-30-18-10-9-16(13-19(18)31-2)21-14-22(26)25(15-23(27)24-11-5-6-12-24)17-7-3-4-8-20(17)32(21,28)29/h3-4,7-10,13,21H,5-6,11-12,14-15H2,1-2H3/t21-/m0/s1. The SMILES string of the molecule is COc1ccc([C@@H]2CC(=O)N(CC(=O)N3CCCC3)c3ccccc3S2(=O)=O)cc1OC. The first kappa shape index (κ1) is 22.1. The average molecular weight is 459 g/mol. The molecule has 32 heavy (non-hydrogen) atoms. The number of hydrogen-bond donors (Lipinski definition) is 0. The zero-order chi connectivity index (χ0) is 22.9. The summed E-state index contributed by atoms with van der Waals surface area (Å²) in [7, 11) is -0.959. The third-order valence-corrected chi connectivity index (χ3v) is 8.18. The van der Waals surface area contributed by atoms with Crippen molar-refractivity contribution < 1.29 is 27.5 Å². The molecule has 9 heteroatoms. The summed E-state index contributed by atoms with van der Waals surface area (Å²) in [5.74, 6) is 0.261. The maximum Gasteiger partial charge on any atom is 0.242 e. The van der Waals surface area contributed by atoms with E-state index in [1.807, 2.05) is 0 Å². The van der Waals surface area contributed by atoms with Crippen LogP contribution in [0, 0.1) is 0 Å². The van der Waals surface area contributed by atoms with Crippen LogP contribution in [0.4, 0.5) is 5.69 Å². The largest absolute Gasteiger partial charge is 0.493 e. The molecule has 1 fully saturated rings. The molecular formula is C23H26N2O6S. The first-order valence-electron chi connectivity index (χ1n) is 10.5. The molecule has 0 aromatic heterocycles. The number of likely N-dealkylation sites (tertiary alicyclic amines) is 1. The van der Waals surface area contributed by atoms with Gasteiger partial charge >= 0.3 is 0 Å². The van der Waals surface area contributed by atoms with Gasteiger partial charge in [0.2, 0.25) is 11.8 Å². The van der Waals surface area contributed by atoms with Crippen molar-refractivity contribution in [3.05, 3.63) is 48.0 Å². The third-order valence-electron chi connectivity index (χ3n) is 6.03. The number of para-hydroxylation sites is 1. The monoisotopic (exact) mass is 458 g/mol. The van der Waals surface area contributed by atoms with Gasteiger partial charge in [-0.25, -0.2) is 8.42 Å². The predicted octanol–water partition coefficient (Wildman–Crippen LogP) is 2.58. The van der Waals surface area contributed by atoms with Crippen LogP contribution in [-0.2, 0) is 19.4 Å². The van der Waals surface area contributed by atoms with Crippen LogP contribution in [0.1, 0.15) is 30.1 Å². The highest BCUT2D eigenvalue weighted by Crippen LogP contribution is 2.42. The number of benzene rings is 2. The molecular weight excluding hydrogens is 432 g/mol. The molecule has 2 aromatic carbocycles. The highest BCUT2D eigenvalue weighted by Gasteiger charge is 2.40. The molecule has 0 N–H and O–H groups in total. The molecule has 2 aliphatic heterocycles. The molecule has 8 nitrogen and oxygen atoms in total. The number of nitrogens with zero attached hydrogens (tertiary/aromatic N) is 2. The smallest absolute Gasteiger partial charge is 0.242 e. The minimum absolute atomic E-state index is 0.0415. The minimum Gasteiger partial charge on any atom is -0.493 e. The van der Waals surface area contributed by atoms with Crippen molar-refractivity contribution in [2.24, 2.45) is 0 Å². The number of rotatable bonds is 5. The molecule has 2 aromatic rings. The van der Waals surface area contributed by atoms with E-state index < -0.39 is 21.0 Å². The van der Waals surface area contributed by atoms with Crippen LogP contribution < -0.4 is 14.4 Å². The first-order chi connectivity index (χ1) is 15.4. The van der Waals surface area contributed by atoms with E-state index in [-0.39, 0.29) is 29.5 Å². The van der Waals surface area contributed by atoms with Gasteiger partial charge in [-0.05, 0) is 42.7 Å². The molecule has 0 unspecified atom stereocenters. The van der Waals surface area contributed by atoms with Gasteiger partial charge in [0.1, 0.15) is 6.54 Å². The molecule has 0 bridgehead atoms. The highest BCUT2D eigenvalue weighted by atomic mass is 32.2. The Morgan fingerprint density at radius 2 is 1.72 bits per heavy atom. The quantitative estimate of drug-likeness (QED) is 0.684. The van der Waals surface area contributed by atoms with E-state index in [0.717, 1.165) is 12.8 Å². The lowest BCUT2D eigenvalue weighted by molar-refractivity contribution is -0.130. The maximum atomic E-state index is 13.7. The van der Waals surface area contributed by atoms with E-state index in [9.17, 15) is 18.0 Å². The van der Waals surface area contributed by atoms with Crippen LogP contribution in [0.2, 0.25) is 0 Å². The van der Waals surface area contributed by atoms with Gasteiger partial charge in [0, 0.05) is 19.5 Å². The minimum atomic E-state index is -3.92. The Morgan fingerprint density at radius 1 is 1.03 bits per heavy atom. The van der Waals surface area contributed by atoms with Crippen molar-refractivity contribution in [2.75, 3.05) is 38.8 Å². The molecule has 2 amide bonds. The molecule has 170 valence electrons. The number of anilines is 1. The molecule has 0 spiro atoms. The first-order valence-corrected chi connectivity index (χ1v) is 12.0. The summed E-state index contributed by atoms with van der Waals surface area (Å²) in [5, 5.41) is -1.11. The number of hydrogen-bond acceptors (Lipinski definition) is 6. The Hall–Kier alpha value is -3.07. The van der Waals surface area contributed by atoms with Crippen molar-refractivity contribution in [1.82, 2.24) is 4.90 Å². The number of fused-ring (bicyclic) bond motifs is 1. The summed E-state index contributed by atoms with van der Waals surface area (Å²) in [6.45, 7) is 1.15. The fraction of sp³-hybridized carbons (Fsp3) is 0.391. The fourth-order valence-electron chi connectivity index (χ4n) is 4.31. The average Bonchev–Trinajstić information content (AvgIpc) is 3.33. The number of methoxy groups -OCH3 is 2. The van der Waals surface area contributed by atoms with Crippen molar-refractivity contribution >= 4 is 27.3 Å². The van der Waals surface area contributed by atoms with Gasteiger partial charge in [-0.3, -0.25) is 9.59 Å². The lowest BCUT2D eigenvalue weighted by atomic mass is 10.1. The topological polar surface area (TPSA) is 93.2 Å². The number of carbonyl (C=O) groups excluding carboxylic acids is 2. The predicted molar refractivity (Wildman–Crippen MR) is 119 cm³/mol. The Morgan fingerprint density at radius 3 is 2.41 bits per heavy atom. The van der Waals surface area contributed by atoms with E-state index in [0.29, 0.717) is 30.2 Å². The second-order valence-electron chi connectivity index (χ2n) is 7.89. The van der Waals surface area contributed by atoms with Gasteiger partial charge in [-0.15, -0.1) is 0 Å². The van der Waals surface area contributed by atoms with Gasteiger partial charge in [0.05, 0.1) is 30.1 Å². The summed E-state index contributed by atoms with van der Waals surface area (Å²) < 4.78 is 37.9. The van der Waals surface area contributed by atoms with E-state index in [1.165, 1.54) is 25.2 Å². The lowest BCUT2D eigenvalue weighted by Crippen LogP contribution is -2.42. The van der Waals surface area contributed by atoms with Gasteiger partial charge in [0.15, 0.2) is 21.3 Å². The number of amides is 2. The van der Waals surface area contributed by atoms with Crippen molar-refractivity contribution in [3.8, 4) is 11.5 Å². The summed E-state index contributed by atoms with van der Waals surface area (Å²) in [5.41, 5.74) is 0.673. The van der Waals surface area contributed by atoms with Crippen LogP contribution in [0.5, 0.6) is 11.5 Å². The molecule has 4 rings (SSSR count). The lowest BCUT2D eigenvalue weighted by Gasteiger charge is -2.24. The summed E-state index contributed by atoms with van der Waals surface area (Å²) >= 11 is 0. The summed E-state index contributed by atoms with van der Waals surface area (Å²) in [6, 6.07) is 11.2. The molecule has 1 saturated heterocycles. The second kappa shape index (κ2) is 8.82. The van der Waals surface area contributed by atoms with E-state index >= 15 is 0 Å². The van der Waals surface area contributed by atoms with E-state index in [4.69, 9.17) is 9.47 Å².